The molecule has 0 amide bonds. The van der Waals surface area contributed by atoms with Crippen molar-refractivity contribution in [3.05, 3.63) is 30.2 Å². The predicted molar refractivity (Wildman–Crippen MR) is 66.6 cm³/mol. The lowest BCUT2D eigenvalue weighted by Crippen LogP contribution is -2.28. The Morgan fingerprint density at radius 3 is 3.12 bits per heavy atom. The SMILES string of the molecule is COc1ccc2nc(C3CCCNC3)cn2c1. The van der Waals surface area contributed by atoms with E-state index >= 15 is 0 Å². The maximum Gasteiger partial charge on any atom is 0.137 e. The lowest BCUT2D eigenvalue weighted by molar-refractivity contribution is 0.412. The van der Waals surface area contributed by atoms with Crippen molar-refractivity contribution in [1.82, 2.24) is 14.7 Å². The van der Waals surface area contributed by atoms with Crippen LogP contribution in [0.15, 0.2) is 24.5 Å². The van der Waals surface area contributed by atoms with E-state index in [1.165, 1.54) is 18.5 Å². The number of hydrogen-bond acceptors (Lipinski definition) is 3. The summed E-state index contributed by atoms with van der Waals surface area (Å²) in [4.78, 5) is 4.68. The third-order valence-electron chi connectivity index (χ3n) is 3.39. The van der Waals surface area contributed by atoms with E-state index in [9.17, 15) is 0 Å². The number of fused-ring (bicyclic) bond motifs is 1. The Morgan fingerprint density at radius 1 is 1.41 bits per heavy atom. The van der Waals surface area contributed by atoms with Gasteiger partial charge in [0.1, 0.15) is 11.4 Å². The number of aromatic nitrogens is 2. The number of pyridine rings is 1. The van der Waals surface area contributed by atoms with E-state index in [4.69, 9.17) is 4.74 Å². The van der Waals surface area contributed by atoms with Crippen LogP contribution in [-0.4, -0.2) is 29.6 Å². The highest BCUT2D eigenvalue weighted by molar-refractivity contribution is 5.43. The van der Waals surface area contributed by atoms with Gasteiger partial charge in [-0.3, -0.25) is 0 Å². The van der Waals surface area contributed by atoms with Gasteiger partial charge in [-0.15, -0.1) is 0 Å². The Balaban J connectivity index is 1.95. The van der Waals surface area contributed by atoms with Gasteiger partial charge in [0, 0.05) is 18.7 Å². The number of hydrogen-bond donors (Lipinski definition) is 1. The molecule has 0 radical (unpaired) electrons. The Labute approximate surface area is 101 Å². The number of nitrogens with one attached hydrogen (secondary N) is 1. The fourth-order valence-corrected chi connectivity index (χ4v) is 2.41. The minimum Gasteiger partial charge on any atom is -0.495 e. The summed E-state index contributed by atoms with van der Waals surface area (Å²) in [5.41, 5.74) is 2.18. The van der Waals surface area contributed by atoms with Gasteiger partial charge < -0.3 is 14.5 Å². The van der Waals surface area contributed by atoms with E-state index in [0.29, 0.717) is 5.92 Å². The van der Waals surface area contributed by atoms with Crippen LogP contribution in [0.5, 0.6) is 5.75 Å². The molecule has 3 rings (SSSR count). The minimum absolute atomic E-state index is 0.551. The number of rotatable bonds is 2. The first-order valence-electron chi connectivity index (χ1n) is 6.10. The van der Waals surface area contributed by atoms with Crippen molar-refractivity contribution >= 4 is 5.65 Å². The van der Waals surface area contributed by atoms with Crippen LogP contribution in [0.4, 0.5) is 0 Å². The van der Waals surface area contributed by atoms with Crippen molar-refractivity contribution in [3.8, 4) is 5.75 Å². The number of ether oxygens (including phenoxy) is 1. The van der Waals surface area contributed by atoms with Crippen molar-refractivity contribution in [3.63, 3.8) is 0 Å². The summed E-state index contributed by atoms with van der Waals surface area (Å²) in [5, 5.41) is 3.43. The van der Waals surface area contributed by atoms with Gasteiger partial charge in [-0.25, -0.2) is 4.98 Å². The standard InChI is InChI=1S/C13H17N3O/c1-17-11-4-5-13-15-12(9-16(13)8-11)10-3-2-6-14-7-10/h4-5,8-10,14H,2-3,6-7H2,1H3. The van der Waals surface area contributed by atoms with Gasteiger partial charge in [-0.05, 0) is 31.5 Å². The molecule has 1 aliphatic heterocycles. The van der Waals surface area contributed by atoms with E-state index in [-0.39, 0.29) is 0 Å². The van der Waals surface area contributed by atoms with Crippen LogP contribution in [0.1, 0.15) is 24.5 Å². The Bertz CT molecular complexity index is 514. The largest absolute Gasteiger partial charge is 0.495 e. The van der Waals surface area contributed by atoms with E-state index in [2.05, 4.69) is 16.5 Å². The molecule has 4 nitrogen and oxygen atoms in total. The zero-order chi connectivity index (χ0) is 11.7. The van der Waals surface area contributed by atoms with Crippen molar-refractivity contribution in [2.75, 3.05) is 20.2 Å². The molecule has 1 N–H and O–H groups in total. The van der Waals surface area contributed by atoms with Crippen LogP contribution in [-0.2, 0) is 0 Å². The molecule has 0 aromatic carbocycles. The van der Waals surface area contributed by atoms with Crippen molar-refractivity contribution < 1.29 is 4.74 Å². The van der Waals surface area contributed by atoms with Gasteiger partial charge in [0.25, 0.3) is 0 Å². The summed E-state index contributed by atoms with van der Waals surface area (Å²) in [7, 11) is 1.68. The third kappa shape index (κ3) is 2.00. The maximum absolute atomic E-state index is 5.22. The molecule has 0 spiro atoms. The molecule has 1 aliphatic rings. The Hall–Kier alpha value is -1.55. The third-order valence-corrected chi connectivity index (χ3v) is 3.39. The molecule has 1 fully saturated rings. The second kappa shape index (κ2) is 4.37. The number of nitrogens with zero attached hydrogens (tertiary/aromatic N) is 2. The molecule has 3 heterocycles. The van der Waals surface area contributed by atoms with Crippen LogP contribution < -0.4 is 10.1 Å². The lowest BCUT2D eigenvalue weighted by Gasteiger charge is -2.20. The fourth-order valence-electron chi connectivity index (χ4n) is 2.41. The average molecular weight is 231 g/mol. The van der Waals surface area contributed by atoms with E-state index in [0.717, 1.165) is 24.5 Å². The van der Waals surface area contributed by atoms with Gasteiger partial charge in [-0.2, -0.15) is 0 Å². The fraction of sp³-hybridized carbons (Fsp3) is 0.462. The summed E-state index contributed by atoms with van der Waals surface area (Å²) < 4.78 is 7.26. The second-order valence-corrected chi connectivity index (χ2v) is 4.54. The van der Waals surface area contributed by atoms with Crippen molar-refractivity contribution in [1.29, 1.82) is 0 Å². The monoisotopic (exact) mass is 231 g/mol. The summed E-state index contributed by atoms with van der Waals surface area (Å²) in [6, 6.07) is 3.95. The molecule has 4 heteroatoms. The number of piperidine rings is 1. The van der Waals surface area contributed by atoms with Crippen LogP contribution in [0.25, 0.3) is 5.65 Å². The number of imidazole rings is 1. The van der Waals surface area contributed by atoms with Crippen LogP contribution in [0.3, 0.4) is 0 Å². The van der Waals surface area contributed by atoms with Gasteiger partial charge in [0.2, 0.25) is 0 Å². The molecule has 2 aromatic rings. The van der Waals surface area contributed by atoms with Gasteiger partial charge in [0.05, 0.1) is 19.0 Å². The Kier molecular flexibility index (Phi) is 2.73. The zero-order valence-electron chi connectivity index (χ0n) is 10.0. The van der Waals surface area contributed by atoms with E-state index in [1.54, 1.807) is 7.11 Å². The molecule has 0 saturated carbocycles. The van der Waals surface area contributed by atoms with Crippen LogP contribution in [0, 0.1) is 0 Å². The zero-order valence-corrected chi connectivity index (χ0v) is 10.0. The van der Waals surface area contributed by atoms with Gasteiger partial charge in [-0.1, -0.05) is 0 Å². The highest BCUT2D eigenvalue weighted by Gasteiger charge is 2.17. The van der Waals surface area contributed by atoms with Crippen LogP contribution >= 0.6 is 0 Å². The molecule has 1 saturated heterocycles. The topological polar surface area (TPSA) is 38.6 Å². The molecule has 90 valence electrons. The normalized spacial score (nSPS) is 20.6. The second-order valence-electron chi connectivity index (χ2n) is 4.54. The van der Waals surface area contributed by atoms with Gasteiger partial charge in [0.15, 0.2) is 0 Å². The molecule has 0 bridgehead atoms. The summed E-state index contributed by atoms with van der Waals surface area (Å²) in [5.74, 6) is 1.41. The summed E-state index contributed by atoms with van der Waals surface area (Å²) in [6.07, 6.45) is 6.56. The first-order valence-corrected chi connectivity index (χ1v) is 6.10. The molecular weight excluding hydrogens is 214 g/mol. The quantitative estimate of drug-likeness (QED) is 0.856. The predicted octanol–water partition coefficient (Wildman–Crippen LogP) is 1.81. The van der Waals surface area contributed by atoms with E-state index in [1.807, 2.05) is 22.7 Å². The molecule has 1 unspecified atom stereocenters. The van der Waals surface area contributed by atoms with Crippen molar-refractivity contribution in [2.24, 2.45) is 0 Å². The first-order chi connectivity index (χ1) is 8.36. The molecule has 1 atom stereocenters. The highest BCUT2D eigenvalue weighted by atomic mass is 16.5. The van der Waals surface area contributed by atoms with Gasteiger partial charge >= 0.3 is 0 Å². The molecule has 17 heavy (non-hydrogen) atoms. The van der Waals surface area contributed by atoms with E-state index < -0.39 is 0 Å². The van der Waals surface area contributed by atoms with Crippen LogP contribution in [0.2, 0.25) is 0 Å². The smallest absolute Gasteiger partial charge is 0.137 e. The Morgan fingerprint density at radius 2 is 2.35 bits per heavy atom. The average Bonchev–Trinajstić information content (AvgIpc) is 2.82. The van der Waals surface area contributed by atoms with Crippen molar-refractivity contribution in [2.45, 2.75) is 18.8 Å². The molecular formula is C13H17N3O. The molecule has 2 aromatic heterocycles. The lowest BCUT2D eigenvalue weighted by atomic mass is 9.97. The maximum atomic E-state index is 5.22. The first kappa shape index (κ1) is 10.6. The highest BCUT2D eigenvalue weighted by Crippen LogP contribution is 2.23. The molecule has 0 aliphatic carbocycles. The minimum atomic E-state index is 0.551. The summed E-state index contributed by atoms with van der Waals surface area (Å²) >= 11 is 0. The summed E-state index contributed by atoms with van der Waals surface area (Å²) in [6.45, 7) is 2.18. The number of methoxy groups -OCH3 is 1.